The molecule has 53 heavy (non-hydrogen) atoms. The molecule has 0 atom stereocenters. The summed E-state index contributed by atoms with van der Waals surface area (Å²) in [7, 11) is 0. The lowest BCUT2D eigenvalue weighted by Crippen LogP contribution is -2.10. The Morgan fingerprint density at radius 2 is 1.04 bits per heavy atom. The molecule has 0 radical (unpaired) electrons. The Hall–Kier alpha value is -7.17. The second-order valence-electron chi connectivity index (χ2n) is 13.6. The maximum atomic E-state index is 6.62. The molecule has 2 aromatic heterocycles. The van der Waals surface area contributed by atoms with Gasteiger partial charge >= 0.3 is 0 Å². The third-order valence-corrected chi connectivity index (χ3v) is 10.5. The Morgan fingerprint density at radius 1 is 0.377 bits per heavy atom. The van der Waals surface area contributed by atoms with Crippen LogP contribution in [0, 0.1) is 0 Å². The number of hydrogen-bond donors (Lipinski definition) is 0. The molecule has 0 aliphatic heterocycles. The Balaban J connectivity index is 1.12. The predicted molar refractivity (Wildman–Crippen MR) is 219 cm³/mol. The quantitative estimate of drug-likeness (QED) is 0.170. The van der Waals surface area contributed by atoms with E-state index >= 15 is 0 Å². The van der Waals surface area contributed by atoms with Crippen molar-refractivity contribution in [3.05, 3.63) is 182 Å². The average molecular weight is 679 g/mol. The van der Waals surface area contributed by atoms with E-state index in [0.717, 1.165) is 61.2 Å². The molecule has 0 N–H and O–H groups in total. The van der Waals surface area contributed by atoms with Crippen LogP contribution in [0.4, 0.5) is 17.1 Å². The molecular weight excluding hydrogens is 649 g/mol. The zero-order valence-corrected chi connectivity index (χ0v) is 28.5. The van der Waals surface area contributed by atoms with Crippen molar-refractivity contribution in [3.8, 4) is 22.6 Å². The lowest BCUT2D eigenvalue weighted by Gasteiger charge is -2.26. The van der Waals surface area contributed by atoms with Crippen LogP contribution >= 0.6 is 0 Å². The van der Waals surface area contributed by atoms with Gasteiger partial charge in [0.05, 0.1) is 0 Å². The van der Waals surface area contributed by atoms with Gasteiger partial charge in [-0.3, -0.25) is 0 Å². The van der Waals surface area contributed by atoms with E-state index in [9.17, 15) is 0 Å². The summed E-state index contributed by atoms with van der Waals surface area (Å²) in [6.07, 6.45) is 0. The van der Waals surface area contributed by atoms with Gasteiger partial charge in [-0.05, 0) is 104 Å². The summed E-state index contributed by atoms with van der Waals surface area (Å²) < 4.78 is 12.9. The summed E-state index contributed by atoms with van der Waals surface area (Å²) in [5.74, 6) is 0.582. The van der Waals surface area contributed by atoms with E-state index in [2.05, 4.69) is 150 Å². The van der Waals surface area contributed by atoms with Crippen molar-refractivity contribution >= 4 is 82.4 Å². The topological polar surface area (TPSA) is 42.4 Å². The molecule has 11 rings (SSSR count). The second kappa shape index (κ2) is 11.7. The molecule has 4 heteroatoms. The maximum Gasteiger partial charge on any atom is 0.228 e. The minimum Gasteiger partial charge on any atom is -0.456 e. The van der Waals surface area contributed by atoms with Gasteiger partial charge in [0, 0.05) is 39.5 Å². The third-order valence-electron chi connectivity index (χ3n) is 10.5. The summed E-state index contributed by atoms with van der Waals surface area (Å²) in [5, 5.41) is 9.41. The van der Waals surface area contributed by atoms with Gasteiger partial charge < -0.3 is 13.7 Å². The molecule has 0 aliphatic rings. The van der Waals surface area contributed by atoms with Crippen molar-refractivity contribution in [2.45, 2.75) is 0 Å². The summed E-state index contributed by atoms with van der Waals surface area (Å²) in [4.78, 5) is 7.16. The van der Waals surface area contributed by atoms with E-state index in [-0.39, 0.29) is 0 Å². The van der Waals surface area contributed by atoms with Crippen LogP contribution in [0.1, 0.15) is 0 Å². The molecule has 2 heterocycles. The molecule has 0 bridgehead atoms. The molecule has 0 amide bonds. The molecular formula is C49H30N2O2. The van der Waals surface area contributed by atoms with E-state index in [0.29, 0.717) is 5.89 Å². The summed E-state index contributed by atoms with van der Waals surface area (Å²) in [5.41, 5.74) is 9.52. The number of benzene rings is 9. The van der Waals surface area contributed by atoms with E-state index in [1.165, 1.54) is 37.9 Å². The van der Waals surface area contributed by atoms with Crippen LogP contribution in [0.15, 0.2) is 191 Å². The Bertz CT molecular complexity index is 3160. The number of nitrogens with zero attached hydrogens (tertiary/aromatic N) is 2. The molecule has 248 valence electrons. The summed E-state index contributed by atoms with van der Waals surface area (Å²) in [6.45, 7) is 0. The number of aromatic nitrogens is 1. The molecule has 11 aromatic rings. The number of furan rings is 1. The van der Waals surface area contributed by atoms with Crippen LogP contribution in [0.25, 0.3) is 87.9 Å². The maximum absolute atomic E-state index is 6.62. The van der Waals surface area contributed by atoms with Gasteiger partial charge in [-0.2, -0.15) is 0 Å². The van der Waals surface area contributed by atoms with Crippen LogP contribution in [0.2, 0.25) is 0 Å². The monoisotopic (exact) mass is 678 g/mol. The van der Waals surface area contributed by atoms with Crippen LogP contribution < -0.4 is 4.90 Å². The Morgan fingerprint density at radius 3 is 1.94 bits per heavy atom. The first-order valence-electron chi connectivity index (χ1n) is 17.9. The van der Waals surface area contributed by atoms with Gasteiger partial charge in [0.15, 0.2) is 5.58 Å². The number of fused-ring (bicyclic) bond motifs is 9. The SMILES string of the molecule is c1ccc(-c2cccc(N(c3ccc4c(c3)oc3cccc(-c5nc6ccccc6o5)c34)c3ccc4ccc5c6ccccc6ccc5c4c3)c2)cc1. The Kier molecular flexibility index (Phi) is 6.52. The first-order chi connectivity index (χ1) is 26.2. The van der Waals surface area contributed by atoms with Crippen LogP contribution in [0.5, 0.6) is 0 Å². The van der Waals surface area contributed by atoms with E-state index in [1.807, 2.05) is 36.4 Å². The van der Waals surface area contributed by atoms with Gasteiger partial charge in [-0.25, -0.2) is 4.98 Å². The van der Waals surface area contributed by atoms with Crippen molar-refractivity contribution in [1.29, 1.82) is 0 Å². The molecule has 0 fully saturated rings. The zero-order chi connectivity index (χ0) is 34.9. The number of para-hydroxylation sites is 2. The van der Waals surface area contributed by atoms with Crippen LogP contribution in [0.3, 0.4) is 0 Å². The highest BCUT2D eigenvalue weighted by molar-refractivity contribution is 6.18. The van der Waals surface area contributed by atoms with Crippen molar-refractivity contribution in [3.63, 3.8) is 0 Å². The highest BCUT2D eigenvalue weighted by Gasteiger charge is 2.20. The van der Waals surface area contributed by atoms with Gasteiger partial charge in [0.2, 0.25) is 5.89 Å². The lowest BCUT2D eigenvalue weighted by molar-refractivity contribution is 0.620. The zero-order valence-electron chi connectivity index (χ0n) is 28.5. The molecule has 0 aliphatic carbocycles. The van der Waals surface area contributed by atoms with Gasteiger partial charge in [-0.1, -0.05) is 115 Å². The van der Waals surface area contributed by atoms with Gasteiger partial charge in [0.1, 0.15) is 16.7 Å². The average Bonchev–Trinajstić information content (AvgIpc) is 3.83. The van der Waals surface area contributed by atoms with E-state index in [4.69, 9.17) is 13.8 Å². The van der Waals surface area contributed by atoms with Crippen molar-refractivity contribution < 1.29 is 8.83 Å². The summed E-state index contributed by atoms with van der Waals surface area (Å²) >= 11 is 0. The van der Waals surface area contributed by atoms with Crippen LogP contribution in [-0.2, 0) is 0 Å². The minimum absolute atomic E-state index is 0.582. The summed E-state index contributed by atoms with van der Waals surface area (Å²) in [6, 6.07) is 64.1. The molecule has 9 aromatic carbocycles. The van der Waals surface area contributed by atoms with Crippen molar-refractivity contribution in [2.24, 2.45) is 0 Å². The predicted octanol–water partition coefficient (Wildman–Crippen LogP) is 14.0. The fraction of sp³-hybridized carbons (Fsp3) is 0. The van der Waals surface area contributed by atoms with Crippen molar-refractivity contribution in [1.82, 2.24) is 4.98 Å². The van der Waals surface area contributed by atoms with Crippen LogP contribution in [-0.4, -0.2) is 4.98 Å². The number of oxazole rings is 1. The van der Waals surface area contributed by atoms with Gasteiger partial charge in [0.25, 0.3) is 0 Å². The lowest BCUT2D eigenvalue weighted by atomic mass is 9.96. The first kappa shape index (κ1) is 29.5. The molecule has 0 unspecified atom stereocenters. The molecule has 0 spiro atoms. The standard InChI is InChI=1S/C49H30N2O2/c1-2-10-31(11-3-1)34-13-8-14-35(28-34)51(36-23-20-33-22-25-39-38-15-5-4-12-32(38)21-26-40(39)43(33)29-36)37-24-27-41-47(30-37)52-46-19-9-16-42(48(41)46)49-50-44-17-6-7-18-45(44)53-49/h1-30H. The first-order valence-corrected chi connectivity index (χ1v) is 17.9. The normalized spacial score (nSPS) is 11.8. The highest BCUT2D eigenvalue weighted by Crippen LogP contribution is 2.43. The number of rotatable bonds is 5. The molecule has 0 saturated heterocycles. The fourth-order valence-electron chi connectivity index (χ4n) is 7.97. The fourth-order valence-corrected chi connectivity index (χ4v) is 7.97. The molecule has 0 saturated carbocycles. The number of anilines is 3. The van der Waals surface area contributed by atoms with Crippen molar-refractivity contribution in [2.75, 3.05) is 4.90 Å². The largest absolute Gasteiger partial charge is 0.456 e. The smallest absolute Gasteiger partial charge is 0.228 e. The molecule has 4 nitrogen and oxygen atoms in total. The van der Waals surface area contributed by atoms with E-state index < -0.39 is 0 Å². The Labute approximate surface area is 304 Å². The van der Waals surface area contributed by atoms with E-state index in [1.54, 1.807) is 0 Å². The third kappa shape index (κ3) is 4.80. The second-order valence-corrected chi connectivity index (χ2v) is 13.6. The minimum atomic E-state index is 0.582. The number of hydrogen-bond acceptors (Lipinski definition) is 4. The van der Waals surface area contributed by atoms with Gasteiger partial charge in [-0.15, -0.1) is 0 Å². The highest BCUT2D eigenvalue weighted by atomic mass is 16.3.